The Balaban J connectivity index is 1.51. The lowest BCUT2D eigenvalue weighted by molar-refractivity contribution is 0.200. The summed E-state index contributed by atoms with van der Waals surface area (Å²) in [5.41, 5.74) is 1.99. The van der Waals surface area contributed by atoms with Crippen LogP contribution in [0, 0.1) is 18.3 Å². The molecule has 2 aromatic rings. The van der Waals surface area contributed by atoms with Crippen LogP contribution in [0.4, 0.5) is 0 Å². The molecule has 0 spiro atoms. The van der Waals surface area contributed by atoms with Crippen molar-refractivity contribution < 1.29 is 4.52 Å². The predicted molar refractivity (Wildman–Crippen MR) is 94.6 cm³/mol. The monoisotopic (exact) mass is 339 g/mol. The van der Waals surface area contributed by atoms with Crippen molar-refractivity contribution in [2.45, 2.75) is 45.3 Å². The molecular weight excluding hydrogens is 314 g/mol. The molecule has 0 N–H and O–H groups in total. The van der Waals surface area contributed by atoms with Gasteiger partial charge in [0, 0.05) is 19.5 Å². The molecule has 6 nitrogen and oxygen atoms in total. The molecule has 0 radical (unpaired) electrons. The summed E-state index contributed by atoms with van der Waals surface area (Å²) in [6.45, 7) is 5.71. The summed E-state index contributed by atoms with van der Waals surface area (Å²) in [6, 6.07) is 10.6. The largest absolute Gasteiger partial charge is 0.340 e. The molecule has 0 unspecified atom stereocenters. The fourth-order valence-electron chi connectivity index (χ4n) is 3.44. The molecule has 1 aromatic carbocycles. The van der Waals surface area contributed by atoms with E-state index in [2.05, 4.69) is 45.2 Å². The van der Waals surface area contributed by atoms with E-state index in [4.69, 9.17) is 9.78 Å². The van der Waals surface area contributed by atoms with E-state index in [0.717, 1.165) is 44.0 Å². The minimum atomic E-state index is 0.546. The molecule has 1 saturated heterocycles. The van der Waals surface area contributed by atoms with Crippen LogP contribution >= 0.6 is 0 Å². The van der Waals surface area contributed by atoms with Gasteiger partial charge in [0.1, 0.15) is 0 Å². The Kier molecular flexibility index (Phi) is 5.79. The third-order valence-corrected chi connectivity index (χ3v) is 4.86. The van der Waals surface area contributed by atoms with Gasteiger partial charge in [0.15, 0.2) is 5.82 Å². The molecular formula is C19H25N5O. The van der Waals surface area contributed by atoms with Gasteiger partial charge in [0.2, 0.25) is 5.89 Å². The number of benzene rings is 1. The van der Waals surface area contributed by atoms with Crippen LogP contribution in [0.1, 0.15) is 42.1 Å². The van der Waals surface area contributed by atoms with E-state index < -0.39 is 0 Å². The second-order valence-electron chi connectivity index (χ2n) is 6.81. The number of aryl methyl sites for hydroxylation is 1. The summed E-state index contributed by atoms with van der Waals surface area (Å²) in [6.07, 6.45) is 3.53. The van der Waals surface area contributed by atoms with E-state index in [1.807, 2.05) is 19.1 Å². The Hall–Kier alpha value is -2.23. The van der Waals surface area contributed by atoms with Crippen molar-refractivity contribution in [1.29, 1.82) is 5.26 Å². The van der Waals surface area contributed by atoms with Crippen molar-refractivity contribution in [3.05, 3.63) is 47.1 Å². The molecule has 0 aliphatic carbocycles. The quantitative estimate of drug-likeness (QED) is 0.834. The van der Waals surface area contributed by atoms with Crippen LogP contribution in [-0.2, 0) is 13.1 Å². The highest BCUT2D eigenvalue weighted by Crippen LogP contribution is 2.19. The summed E-state index contributed by atoms with van der Waals surface area (Å²) < 4.78 is 5.06. The highest BCUT2D eigenvalue weighted by Gasteiger charge is 2.21. The van der Waals surface area contributed by atoms with Gasteiger partial charge in [0.05, 0.1) is 18.2 Å². The highest BCUT2D eigenvalue weighted by atomic mass is 16.5. The topological polar surface area (TPSA) is 69.2 Å². The van der Waals surface area contributed by atoms with Gasteiger partial charge in [-0.05, 0) is 57.1 Å². The van der Waals surface area contributed by atoms with E-state index in [0.29, 0.717) is 11.9 Å². The summed E-state index contributed by atoms with van der Waals surface area (Å²) in [4.78, 5) is 9.15. The summed E-state index contributed by atoms with van der Waals surface area (Å²) in [7, 11) is 2.15. The number of nitriles is 1. The molecule has 0 amide bonds. The number of likely N-dealkylation sites (tertiary alicyclic amines) is 1. The molecule has 0 saturated carbocycles. The zero-order valence-electron chi connectivity index (χ0n) is 15.0. The molecule has 6 heteroatoms. The van der Waals surface area contributed by atoms with Crippen LogP contribution in [-0.4, -0.2) is 46.1 Å². The van der Waals surface area contributed by atoms with E-state index >= 15 is 0 Å². The molecule has 0 bridgehead atoms. The maximum Gasteiger partial charge on any atom is 0.223 e. The van der Waals surface area contributed by atoms with Gasteiger partial charge in [-0.2, -0.15) is 10.2 Å². The van der Waals surface area contributed by atoms with Crippen molar-refractivity contribution in [2.75, 3.05) is 20.1 Å². The SMILES string of the molecule is Cc1nc(CN(C)[C@H]2CCCN(Cc3ccc(C#N)cc3)CC2)no1. The summed E-state index contributed by atoms with van der Waals surface area (Å²) >= 11 is 0. The predicted octanol–water partition coefficient (Wildman–Crippen LogP) is 2.74. The molecule has 25 heavy (non-hydrogen) atoms. The molecule has 1 aliphatic rings. The molecule has 1 atom stereocenters. The fraction of sp³-hybridized carbons (Fsp3) is 0.526. The second-order valence-corrected chi connectivity index (χ2v) is 6.81. The molecule has 3 rings (SSSR count). The van der Waals surface area contributed by atoms with Gasteiger partial charge in [-0.15, -0.1) is 0 Å². The van der Waals surface area contributed by atoms with Crippen LogP contribution in [0.5, 0.6) is 0 Å². The Labute approximate surface area is 149 Å². The van der Waals surface area contributed by atoms with Gasteiger partial charge < -0.3 is 4.52 Å². The zero-order chi connectivity index (χ0) is 17.6. The first kappa shape index (κ1) is 17.6. The van der Waals surface area contributed by atoms with Crippen LogP contribution in [0.3, 0.4) is 0 Å². The maximum atomic E-state index is 8.90. The Morgan fingerprint density at radius 2 is 2.08 bits per heavy atom. The van der Waals surface area contributed by atoms with Gasteiger partial charge >= 0.3 is 0 Å². The molecule has 1 fully saturated rings. The van der Waals surface area contributed by atoms with Gasteiger partial charge in [-0.25, -0.2) is 0 Å². The number of hydrogen-bond donors (Lipinski definition) is 0. The fourth-order valence-corrected chi connectivity index (χ4v) is 3.44. The average molecular weight is 339 g/mol. The van der Waals surface area contributed by atoms with Crippen molar-refractivity contribution >= 4 is 0 Å². The van der Waals surface area contributed by atoms with Crippen molar-refractivity contribution in [2.24, 2.45) is 0 Å². The lowest BCUT2D eigenvalue weighted by atomic mass is 10.1. The van der Waals surface area contributed by atoms with Crippen molar-refractivity contribution in [3.63, 3.8) is 0 Å². The molecule has 1 aromatic heterocycles. The molecule has 1 aliphatic heterocycles. The van der Waals surface area contributed by atoms with Crippen molar-refractivity contribution in [3.8, 4) is 6.07 Å². The Morgan fingerprint density at radius 3 is 2.76 bits per heavy atom. The third kappa shape index (κ3) is 4.88. The first-order chi connectivity index (χ1) is 12.1. The lowest BCUT2D eigenvalue weighted by Crippen LogP contribution is -2.33. The molecule has 2 heterocycles. The number of nitrogens with zero attached hydrogens (tertiary/aromatic N) is 5. The normalized spacial score (nSPS) is 18.9. The van der Waals surface area contributed by atoms with Crippen LogP contribution < -0.4 is 0 Å². The van der Waals surface area contributed by atoms with Crippen LogP contribution in [0.2, 0.25) is 0 Å². The zero-order valence-corrected chi connectivity index (χ0v) is 15.0. The van der Waals surface area contributed by atoms with E-state index in [1.54, 1.807) is 0 Å². The number of aromatic nitrogens is 2. The van der Waals surface area contributed by atoms with Gasteiger partial charge in [-0.3, -0.25) is 9.80 Å². The summed E-state index contributed by atoms with van der Waals surface area (Å²) in [5, 5.41) is 12.9. The standard InChI is InChI=1S/C19H25N5O/c1-15-21-19(22-25-15)14-23(2)18-4-3-10-24(11-9-18)13-17-7-5-16(12-20)6-8-17/h5-8,18H,3-4,9-11,13-14H2,1-2H3/t18-/m0/s1. The Bertz CT molecular complexity index is 718. The van der Waals surface area contributed by atoms with Crippen LogP contribution in [0.25, 0.3) is 0 Å². The average Bonchev–Trinajstić information content (AvgIpc) is 2.88. The third-order valence-electron chi connectivity index (χ3n) is 4.86. The first-order valence-electron chi connectivity index (χ1n) is 8.85. The smallest absolute Gasteiger partial charge is 0.223 e. The second kappa shape index (κ2) is 8.24. The van der Waals surface area contributed by atoms with E-state index in [-0.39, 0.29) is 0 Å². The number of rotatable bonds is 5. The lowest BCUT2D eigenvalue weighted by Gasteiger charge is -2.26. The van der Waals surface area contributed by atoms with Crippen LogP contribution in [0.15, 0.2) is 28.8 Å². The summed E-state index contributed by atoms with van der Waals surface area (Å²) in [5.74, 6) is 1.39. The van der Waals surface area contributed by atoms with Gasteiger partial charge in [-0.1, -0.05) is 17.3 Å². The minimum absolute atomic E-state index is 0.546. The van der Waals surface area contributed by atoms with E-state index in [9.17, 15) is 0 Å². The maximum absolute atomic E-state index is 8.90. The first-order valence-corrected chi connectivity index (χ1v) is 8.85. The van der Waals surface area contributed by atoms with E-state index in [1.165, 1.54) is 18.4 Å². The Morgan fingerprint density at radius 1 is 1.28 bits per heavy atom. The highest BCUT2D eigenvalue weighted by molar-refractivity contribution is 5.31. The van der Waals surface area contributed by atoms with Gasteiger partial charge in [0.25, 0.3) is 0 Å². The number of hydrogen-bond acceptors (Lipinski definition) is 6. The van der Waals surface area contributed by atoms with Crippen molar-refractivity contribution in [1.82, 2.24) is 19.9 Å². The molecule has 132 valence electrons. The minimum Gasteiger partial charge on any atom is -0.340 e.